The number of nitrogens with zero attached hydrogens (tertiary/aromatic N) is 1. The zero-order chi connectivity index (χ0) is 13.7. The van der Waals surface area contributed by atoms with Crippen LogP contribution in [-0.2, 0) is 0 Å². The van der Waals surface area contributed by atoms with Gasteiger partial charge in [0, 0.05) is 5.56 Å². The number of hydrogen-bond acceptors (Lipinski definition) is 3. The second-order valence-electron chi connectivity index (χ2n) is 5.22. The van der Waals surface area contributed by atoms with Gasteiger partial charge in [-0.1, -0.05) is 12.8 Å². The summed E-state index contributed by atoms with van der Waals surface area (Å²) in [6.07, 6.45) is 5.00. The van der Waals surface area contributed by atoms with Gasteiger partial charge >= 0.3 is 0 Å². The van der Waals surface area contributed by atoms with Crippen LogP contribution in [0.3, 0.4) is 0 Å². The predicted molar refractivity (Wildman–Crippen MR) is 76.8 cm³/mol. The van der Waals surface area contributed by atoms with Gasteiger partial charge in [0.25, 0.3) is 0 Å². The molecule has 0 bridgehead atoms. The van der Waals surface area contributed by atoms with Crippen LogP contribution in [0.5, 0.6) is 5.75 Å². The zero-order valence-electron chi connectivity index (χ0n) is 11.9. The highest BCUT2D eigenvalue weighted by molar-refractivity contribution is 5.99. The van der Waals surface area contributed by atoms with Gasteiger partial charge in [-0.25, -0.2) is 0 Å². The molecule has 1 heterocycles. The number of carbonyl (C=O) groups excluding carboxylic acids is 1. The van der Waals surface area contributed by atoms with Gasteiger partial charge in [-0.3, -0.25) is 9.69 Å². The van der Waals surface area contributed by atoms with Gasteiger partial charge in [0.05, 0.1) is 13.2 Å². The van der Waals surface area contributed by atoms with E-state index in [1.807, 2.05) is 31.2 Å². The Morgan fingerprint density at radius 3 is 2.21 bits per heavy atom. The van der Waals surface area contributed by atoms with Crippen molar-refractivity contribution in [1.82, 2.24) is 4.90 Å². The molecule has 1 fully saturated rings. The fourth-order valence-corrected chi connectivity index (χ4v) is 2.64. The Bertz CT molecular complexity index is 405. The Hall–Kier alpha value is -1.35. The van der Waals surface area contributed by atoms with Crippen molar-refractivity contribution in [1.29, 1.82) is 0 Å². The average molecular weight is 261 g/mol. The highest BCUT2D eigenvalue weighted by Crippen LogP contribution is 2.17. The van der Waals surface area contributed by atoms with Crippen LogP contribution in [0.25, 0.3) is 0 Å². The van der Waals surface area contributed by atoms with Crippen LogP contribution < -0.4 is 4.74 Å². The summed E-state index contributed by atoms with van der Waals surface area (Å²) in [5, 5.41) is 0. The highest BCUT2D eigenvalue weighted by atomic mass is 16.5. The van der Waals surface area contributed by atoms with Gasteiger partial charge in [-0.2, -0.15) is 0 Å². The van der Waals surface area contributed by atoms with Gasteiger partial charge in [0.15, 0.2) is 5.78 Å². The molecule has 1 aromatic rings. The van der Waals surface area contributed by atoms with Crippen molar-refractivity contribution in [3.8, 4) is 5.75 Å². The lowest BCUT2D eigenvalue weighted by Crippen LogP contribution is -2.39. The van der Waals surface area contributed by atoms with Gasteiger partial charge in [0.1, 0.15) is 5.75 Å². The second kappa shape index (κ2) is 6.71. The van der Waals surface area contributed by atoms with E-state index in [1.54, 1.807) is 7.11 Å². The summed E-state index contributed by atoms with van der Waals surface area (Å²) in [5.41, 5.74) is 0.776. The number of carbonyl (C=O) groups is 1. The van der Waals surface area contributed by atoms with Crippen LogP contribution in [0.1, 0.15) is 43.0 Å². The van der Waals surface area contributed by atoms with Crippen molar-refractivity contribution in [3.63, 3.8) is 0 Å². The average Bonchev–Trinajstić information content (AvgIpc) is 2.75. The molecule has 104 valence electrons. The molecule has 1 aliphatic rings. The minimum atomic E-state index is -0.0218. The lowest BCUT2D eigenvalue weighted by Gasteiger charge is -2.26. The van der Waals surface area contributed by atoms with Crippen molar-refractivity contribution < 1.29 is 9.53 Å². The number of likely N-dealkylation sites (tertiary alicyclic amines) is 1. The first kappa shape index (κ1) is 14.1. The van der Waals surface area contributed by atoms with Crippen molar-refractivity contribution in [3.05, 3.63) is 29.8 Å². The summed E-state index contributed by atoms with van der Waals surface area (Å²) in [5.74, 6) is 1.00. The number of benzene rings is 1. The molecule has 0 N–H and O–H groups in total. The van der Waals surface area contributed by atoms with Gasteiger partial charge in [0.2, 0.25) is 0 Å². The third-order valence-corrected chi connectivity index (χ3v) is 3.94. The third kappa shape index (κ3) is 3.57. The van der Waals surface area contributed by atoms with Crippen molar-refractivity contribution in [2.75, 3.05) is 20.2 Å². The maximum atomic E-state index is 12.5. The smallest absolute Gasteiger partial charge is 0.179 e. The first-order valence-electron chi connectivity index (χ1n) is 7.14. The molecule has 0 amide bonds. The van der Waals surface area contributed by atoms with Crippen LogP contribution in [-0.4, -0.2) is 36.9 Å². The number of hydrogen-bond donors (Lipinski definition) is 0. The monoisotopic (exact) mass is 261 g/mol. The van der Waals surface area contributed by atoms with Crippen molar-refractivity contribution in [2.45, 2.75) is 38.6 Å². The van der Waals surface area contributed by atoms with Gasteiger partial charge in [-0.05, 0) is 57.1 Å². The fourth-order valence-electron chi connectivity index (χ4n) is 2.64. The Morgan fingerprint density at radius 2 is 1.68 bits per heavy atom. The minimum absolute atomic E-state index is 0.0218. The quantitative estimate of drug-likeness (QED) is 0.780. The maximum absolute atomic E-state index is 12.5. The number of Topliss-reactive ketones (excluding diaryl/α,β-unsaturated/α-hetero) is 1. The Morgan fingerprint density at radius 1 is 1.11 bits per heavy atom. The molecule has 1 aromatic carbocycles. The largest absolute Gasteiger partial charge is 0.497 e. The number of methoxy groups -OCH3 is 1. The molecule has 0 unspecified atom stereocenters. The summed E-state index contributed by atoms with van der Waals surface area (Å²) in [6.45, 7) is 4.12. The molecule has 0 aliphatic carbocycles. The number of rotatable bonds is 4. The minimum Gasteiger partial charge on any atom is -0.497 e. The van der Waals surface area contributed by atoms with E-state index < -0.39 is 0 Å². The van der Waals surface area contributed by atoms with E-state index in [4.69, 9.17) is 4.74 Å². The van der Waals surface area contributed by atoms with Crippen LogP contribution in [0, 0.1) is 0 Å². The van der Waals surface area contributed by atoms with Crippen molar-refractivity contribution >= 4 is 5.78 Å². The zero-order valence-corrected chi connectivity index (χ0v) is 11.9. The van der Waals surface area contributed by atoms with Crippen LogP contribution in [0.2, 0.25) is 0 Å². The Kier molecular flexibility index (Phi) is 4.97. The summed E-state index contributed by atoms with van der Waals surface area (Å²) in [4.78, 5) is 14.8. The van der Waals surface area contributed by atoms with Crippen LogP contribution in [0.4, 0.5) is 0 Å². The summed E-state index contributed by atoms with van der Waals surface area (Å²) in [6, 6.07) is 7.39. The standard InChI is InChI=1S/C16H23NO2/c1-13(17-11-5-3-4-6-12-17)16(18)14-7-9-15(19-2)10-8-14/h7-10,13H,3-6,11-12H2,1-2H3/t13-/m0/s1. The SMILES string of the molecule is COc1ccc(C(=O)[C@H](C)N2CCCCCC2)cc1. The van der Waals surface area contributed by atoms with Gasteiger partial charge in [-0.15, -0.1) is 0 Å². The van der Waals surface area contributed by atoms with E-state index >= 15 is 0 Å². The molecule has 2 rings (SSSR count). The first-order chi connectivity index (χ1) is 9.22. The van der Waals surface area contributed by atoms with E-state index in [0.717, 1.165) is 24.4 Å². The summed E-state index contributed by atoms with van der Waals surface area (Å²) >= 11 is 0. The van der Waals surface area contributed by atoms with E-state index in [9.17, 15) is 4.79 Å². The third-order valence-electron chi connectivity index (χ3n) is 3.94. The van der Waals surface area contributed by atoms with E-state index in [2.05, 4.69) is 4.90 Å². The van der Waals surface area contributed by atoms with E-state index in [-0.39, 0.29) is 11.8 Å². The molecule has 1 atom stereocenters. The van der Waals surface area contributed by atoms with Crippen LogP contribution in [0.15, 0.2) is 24.3 Å². The molecule has 0 saturated carbocycles. The molecular formula is C16H23NO2. The Labute approximate surface area is 115 Å². The normalized spacial score (nSPS) is 18.6. The second-order valence-corrected chi connectivity index (χ2v) is 5.22. The molecule has 0 radical (unpaired) electrons. The topological polar surface area (TPSA) is 29.5 Å². The molecule has 3 heteroatoms. The lowest BCUT2D eigenvalue weighted by atomic mass is 10.0. The molecule has 3 nitrogen and oxygen atoms in total. The fraction of sp³-hybridized carbons (Fsp3) is 0.562. The molecule has 19 heavy (non-hydrogen) atoms. The van der Waals surface area contributed by atoms with E-state index in [1.165, 1.54) is 25.7 Å². The molecule has 1 saturated heterocycles. The molecule has 0 aromatic heterocycles. The van der Waals surface area contributed by atoms with Gasteiger partial charge < -0.3 is 4.74 Å². The molecule has 1 aliphatic heterocycles. The Balaban J connectivity index is 2.04. The maximum Gasteiger partial charge on any atom is 0.179 e. The lowest BCUT2D eigenvalue weighted by molar-refractivity contribution is 0.0843. The van der Waals surface area contributed by atoms with Crippen molar-refractivity contribution in [2.24, 2.45) is 0 Å². The molecule has 0 spiro atoms. The first-order valence-corrected chi connectivity index (χ1v) is 7.14. The summed E-state index contributed by atoms with van der Waals surface area (Å²) < 4.78 is 5.12. The van der Waals surface area contributed by atoms with Crippen LogP contribution >= 0.6 is 0 Å². The predicted octanol–water partition coefficient (Wildman–Crippen LogP) is 3.14. The van der Waals surface area contributed by atoms with E-state index in [0.29, 0.717) is 0 Å². The number of ketones is 1. The number of ether oxygens (including phenoxy) is 1. The highest BCUT2D eigenvalue weighted by Gasteiger charge is 2.22. The summed E-state index contributed by atoms with van der Waals surface area (Å²) in [7, 11) is 1.64. The molecular weight excluding hydrogens is 238 g/mol.